The maximum Gasteiger partial charge on any atom is 0.203 e. The van der Waals surface area contributed by atoms with Gasteiger partial charge in [0.15, 0.2) is 11.5 Å². The molecule has 0 radical (unpaired) electrons. The molecule has 0 spiro atoms. The minimum atomic E-state index is 0.526. The molecule has 0 aliphatic rings. The second-order valence-electron chi connectivity index (χ2n) is 8.24. The summed E-state index contributed by atoms with van der Waals surface area (Å²) in [5.74, 6) is 3.00. The Morgan fingerprint density at radius 1 is 0.667 bits per heavy atom. The number of ether oxygens (including phenoxy) is 5. The van der Waals surface area contributed by atoms with Gasteiger partial charge in [0.1, 0.15) is 17.8 Å². The Bertz CT molecular complexity index is 1300. The molecule has 0 saturated carbocycles. The lowest BCUT2D eigenvalue weighted by atomic mass is 10.0. The Labute approximate surface area is 211 Å². The number of anilines is 1. The standard InChI is InChI=1S/C28H31N3O5/c1-30(2)20-10-8-18(9-11-20)27-26(19-12-22(32-3)16-23(13-19)33-4)29-17-31(27)21-14-24(34-5)28(36-7)25(15-21)35-6/h8-17H,1-7H3. The van der Waals surface area contributed by atoms with Crippen LogP contribution in [0.2, 0.25) is 0 Å². The van der Waals surface area contributed by atoms with E-state index in [2.05, 4.69) is 29.2 Å². The Balaban J connectivity index is 1.99. The molecule has 4 aromatic rings. The topological polar surface area (TPSA) is 67.2 Å². The van der Waals surface area contributed by atoms with E-state index in [1.54, 1.807) is 41.9 Å². The van der Waals surface area contributed by atoms with E-state index in [0.29, 0.717) is 28.7 Å². The van der Waals surface area contributed by atoms with Gasteiger partial charge in [-0.1, -0.05) is 12.1 Å². The zero-order valence-electron chi connectivity index (χ0n) is 21.7. The molecule has 4 rings (SSSR count). The van der Waals surface area contributed by atoms with Gasteiger partial charge in [-0.25, -0.2) is 4.98 Å². The first-order valence-corrected chi connectivity index (χ1v) is 11.3. The smallest absolute Gasteiger partial charge is 0.203 e. The van der Waals surface area contributed by atoms with Gasteiger partial charge in [0.05, 0.1) is 52.6 Å². The van der Waals surface area contributed by atoms with E-state index in [0.717, 1.165) is 33.9 Å². The summed E-state index contributed by atoms with van der Waals surface area (Å²) >= 11 is 0. The SMILES string of the molecule is COc1cc(OC)cc(-c2ncn(-c3cc(OC)c(OC)c(OC)c3)c2-c2ccc(N(C)C)cc2)c1. The maximum absolute atomic E-state index is 5.60. The van der Waals surface area contributed by atoms with Crippen LogP contribution in [0.3, 0.4) is 0 Å². The summed E-state index contributed by atoms with van der Waals surface area (Å²) in [7, 11) is 12.1. The largest absolute Gasteiger partial charge is 0.497 e. The Morgan fingerprint density at radius 3 is 1.72 bits per heavy atom. The van der Waals surface area contributed by atoms with Crippen LogP contribution in [0.1, 0.15) is 0 Å². The van der Waals surface area contributed by atoms with Gasteiger partial charge in [-0.2, -0.15) is 0 Å². The van der Waals surface area contributed by atoms with Crippen molar-refractivity contribution in [2.24, 2.45) is 0 Å². The Hall–Kier alpha value is -4.33. The van der Waals surface area contributed by atoms with E-state index >= 15 is 0 Å². The van der Waals surface area contributed by atoms with Crippen molar-refractivity contribution in [2.45, 2.75) is 0 Å². The van der Waals surface area contributed by atoms with Crippen molar-refractivity contribution in [3.63, 3.8) is 0 Å². The van der Waals surface area contributed by atoms with E-state index in [1.807, 2.05) is 49.0 Å². The zero-order valence-corrected chi connectivity index (χ0v) is 21.7. The molecule has 0 aliphatic heterocycles. The number of aromatic nitrogens is 2. The number of nitrogens with zero attached hydrogens (tertiary/aromatic N) is 3. The lowest BCUT2D eigenvalue weighted by molar-refractivity contribution is 0.324. The van der Waals surface area contributed by atoms with Crippen LogP contribution < -0.4 is 28.6 Å². The molecule has 36 heavy (non-hydrogen) atoms. The molecule has 0 bridgehead atoms. The van der Waals surface area contributed by atoms with Gasteiger partial charge < -0.3 is 28.6 Å². The Kier molecular flexibility index (Phi) is 7.24. The van der Waals surface area contributed by atoms with E-state index in [9.17, 15) is 0 Å². The summed E-state index contributed by atoms with van der Waals surface area (Å²) in [6.07, 6.45) is 1.79. The average molecular weight is 490 g/mol. The second-order valence-corrected chi connectivity index (χ2v) is 8.24. The fourth-order valence-corrected chi connectivity index (χ4v) is 4.10. The molecule has 0 aliphatic carbocycles. The first-order chi connectivity index (χ1) is 17.4. The van der Waals surface area contributed by atoms with Gasteiger partial charge in [0.25, 0.3) is 0 Å². The highest BCUT2D eigenvalue weighted by molar-refractivity contribution is 5.82. The van der Waals surface area contributed by atoms with Crippen LogP contribution in [-0.2, 0) is 0 Å². The van der Waals surface area contributed by atoms with Crippen molar-refractivity contribution in [2.75, 3.05) is 54.5 Å². The third kappa shape index (κ3) is 4.62. The molecular weight excluding hydrogens is 458 g/mol. The molecule has 0 unspecified atom stereocenters. The third-order valence-corrected chi connectivity index (χ3v) is 5.98. The normalized spacial score (nSPS) is 10.6. The predicted molar refractivity (Wildman–Crippen MR) is 142 cm³/mol. The summed E-state index contributed by atoms with van der Waals surface area (Å²) in [6, 6.07) is 17.9. The van der Waals surface area contributed by atoms with Gasteiger partial charge in [-0.3, -0.25) is 4.57 Å². The zero-order chi connectivity index (χ0) is 25.8. The lowest BCUT2D eigenvalue weighted by Crippen LogP contribution is -2.08. The van der Waals surface area contributed by atoms with Crippen molar-refractivity contribution < 1.29 is 23.7 Å². The number of rotatable bonds is 9. The second kappa shape index (κ2) is 10.5. The van der Waals surface area contributed by atoms with Crippen molar-refractivity contribution >= 4 is 5.69 Å². The number of hydrogen-bond acceptors (Lipinski definition) is 7. The average Bonchev–Trinajstić information content (AvgIpc) is 3.37. The molecule has 3 aromatic carbocycles. The molecule has 0 atom stereocenters. The number of imidazole rings is 1. The minimum Gasteiger partial charge on any atom is -0.497 e. The quantitative estimate of drug-likeness (QED) is 0.315. The summed E-state index contributed by atoms with van der Waals surface area (Å²) in [4.78, 5) is 6.89. The minimum absolute atomic E-state index is 0.526. The molecule has 1 heterocycles. The first kappa shape index (κ1) is 24.8. The van der Waals surface area contributed by atoms with E-state index in [-0.39, 0.29) is 0 Å². The first-order valence-electron chi connectivity index (χ1n) is 11.3. The lowest BCUT2D eigenvalue weighted by Gasteiger charge is -2.17. The van der Waals surface area contributed by atoms with Crippen LogP contribution in [-0.4, -0.2) is 59.2 Å². The monoisotopic (exact) mass is 489 g/mol. The van der Waals surface area contributed by atoms with Gasteiger partial charge in [0.2, 0.25) is 5.75 Å². The van der Waals surface area contributed by atoms with Crippen LogP contribution in [0.5, 0.6) is 28.7 Å². The summed E-state index contributed by atoms with van der Waals surface area (Å²) < 4.78 is 29.8. The molecule has 8 heteroatoms. The van der Waals surface area contributed by atoms with E-state index < -0.39 is 0 Å². The number of hydrogen-bond donors (Lipinski definition) is 0. The summed E-state index contributed by atoms with van der Waals surface area (Å²) in [5, 5.41) is 0. The summed E-state index contributed by atoms with van der Waals surface area (Å²) in [5.41, 5.74) is 5.43. The van der Waals surface area contributed by atoms with Crippen LogP contribution >= 0.6 is 0 Å². The van der Waals surface area contributed by atoms with Crippen molar-refractivity contribution in [3.8, 4) is 56.9 Å². The molecular formula is C28H31N3O5. The number of benzene rings is 3. The van der Waals surface area contributed by atoms with Gasteiger partial charge in [0, 0.05) is 49.1 Å². The van der Waals surface area contributed by atoms with Gasteiger partial charge in [-0.15, -0.1) is 0 Å². The van der Waals surface area contributed by atoms with Gasteiger partial charge in [-0.05, 0) is 24.3 Å². The third-order valence-electron chi connectivity index (χ3n) is 5.98. The summed E-state index contributed by atoms with van der Waals surface area (Å²) in [6.45, 7) is 0. The van der Waals surface area contributed by atoms with Crippen LogP contribution in [0, 0.1) is 0 Å². The number of methoxy groups -OCH3 is 5. The molecule has 8 nitrogen and oxygen atoms in total. The Morgan fingerprint density at radius 2 is 1.25 bits per heavy atom. The molecule has 0 amide bonds. The van der Waals surface area contributed by atoms with Crippen molar-refractivity contribution in [3.05, 3.63) is 60.9 Å². The maximum atomic E-state index is 5.60. The van der Waals surface area contributed by atoms with Crippen LogP contribution in [0.25, 0.3) is 28.2 Å². The van der Waals surface area contributed by atoms with Crippen LogP contribution in [0.4, 0.5) is 5.69 Å². The van der Waals surface area contributed by atoms with Crippen molar-refractivity contribution in [1.82, 2.24) is 9.55 Å². The van der Waals surface area contributed by atoms with E-state index in [4.69, 9.17) is 28.7 Å². The fraction of sp³-hybridized carbons (Fsp3) is 0.250. The van der Waals surface area contributed by atoms with Crippen LogP contribution in [0.15, 0.2) is 60.9 Å². The molecule has 1 aromatic heterocycles. The predicted octanol–water partition coefficient (Wildman–Crippen LogP) is 5.32. The fourth-order valence-electron chi connectivity index (χ4n) is 4.10. The highest BCUT2D eigenvalue weighted by Gasteiger charge is 2.21. The van der Waals surface area contributed by atoms with E-state index in [1.165, 1.54) is 0 Å². The molecule has 188 valence electrons. The highest BCUT2D eigenvalue weighted by Crippen LogP contribution is 2.42. The van der Waals surface area contributed by atoms with Crippen molar-refractivity contribution in [1.29, 1.82) is 0 Å². The van der Waals surface area contributed by atoms with Gasteiger partial charge >= 0.3 is 0 Å². The highest BCUT2D eigenvalue weighted by atomic mass is 16.5. The molecule has 0 saturated heterocycles. The molecule has 0 N–H and O–H groups in total. The molecule has 0 fully saturated rings.